The molecule has 1 aliphatic rings. The molecule has 1 fully saturated rings. The molecule has 0 aromatic heterocycles. The average molecular weight is 240 g/mol. The molecule has 0 saturated carbocycles. The fourth-order valence-electron chi connectivity index (χ4n) is 2.60. The molecule has 0 aromatic carbocycles. The van der Waals surface area contributed by atoms with Crippen LogP contribution < -0.4 is 5.73 Å². The number of unbranched alkanes of at least 4 members (excludes halogenated alkanes) is 6. The summed E-state index contributed by atoms with van der Waals surface area (Å²) in [7, 11) is 0. The Labute approximate surface area is 108 Å². The molecule has 1 aliphatic heterocycles. The molecule has 17 heavy (non-hydrogen) atoms. The molecular weight excluding hydrogens is 208 g/mol. The van der Waals surface area contributed by atoms with Gasteiger partial charge in [0.2, 0.25) is 0 Å². The smallest absolute Gasteiger partial charge is 0.0435 e. The van der Waals surface area contributed by atoms with Crippen LogP contribution in [0.3, 0.4) is 0 Å². The molecule has 1 saturated heterocycles. The lowest BCUT2D eigenvalue weighted by atomic mass is 9.80. The van der Waals surface area contributed by atoms with Crippen LogP contribution in [0.25, 0.3) is 0 Å². The van der Waals surface area contributed by atoms with Crippen LogP contribution >= 0.6 is 0 Å². The molecule has 0 amide bonds. The summed E-state index contributed by atoms with van der Waals surface area (Å²) in [6, 6.07) is 0. The predicted molar refractivity (Wildman–Crippen MR) is 76.2 cm³/mol. The standard InChI is InChI=1S/C15H32N2/c1-4-5-6-7-8-9-10-11-17-12-15(16,13-17)14(2)3/h14H,4-13,16H2,1-3H3. The Hall–Kier alpha value is -0.0800. The highest BCUT2D eigenvalue weighted by Crippen LogP contribution is 2.26. The number of hydrogen-bond donors (Lipinski definition) is 1. The quantitative estimate of drug-likeness (QED) is 0.626. The maximum atomic E-state index is 6.28. The molecule has 0 bridgehead atoms. The summed E-state index contributed by atoms with van der Waals surface area (Å²) in [4.78, 5) is 2.52. The molecule has 0 aromatic rings. The predicted octanol–water partition coefficient (Wildman–Crippen LogP) is 3.41. The zero-order valence-corrected chi connectivity index (χ0v) is 12.2. The van der Waals surface area contributed by atoms with E-state index >= 15 is 0 Å². The lowest BCUT2D eigenvalue weighted by molar-refractivity contribution is 0.0366. The molecular formula is C15H32N2. The lowest BCUT2D eigenvalue weighted by Crippen LogP contribution is -2.69. The Bertz CT molecular complexity index is 195. The number of rotatable bonds is 9. The second-order valence-electron chi connectivity index (χ2n) is 6.22. The van der Waals surface area contributed by atoms with Crippen molar-refractivity contribution in [2.24, 2.45) is 11.7 Å². The minimum absolute atomic E-state index is 0.112. The summed E-state index contributed by atoms with van der Waals surface area (Å²) in [6.07, 6.45) is 9.81. The van der Waals surface area contributed by atoms with Crippen LogP contribution in [0.15, 0.2) is 0 Å². The molecule has 0 spiro atoms. The Morgan fingerprint density at radius 1 is 1.00 bits per heavy atom. The van der Waals surface area contributed by atoms with Crippen LogP contribution in [0.5, 0.6) is 0 Å². The van der Waals surface area contributed by atoms with Gasteiger partial charge in [-0.15, -0.1) is 0 Å². The van der Waals surface area contributed by atoms with E-state index in [1.807, 2.05) is 0 Å². The van der Waals surface area contributed by atoms with Crippen molar-refractivity contribution in [2.75, 3.05) is 19.6 Å². The van der Waals surface area contributed by atoms with E-state index in [0.717, 1.165) is 13.1 Å². The molecule has 2 N–H and O–H groups in total. The van der Waals surface area contributed by atoms with Crippen LogP contribution in [0.1, 0.15) is 65.7 Å². The third-order valence-electron chi connectivity index (χ3n) is 4.26. The lowest BCUT2D eigenvalue weighted by Gasteiger charge is -2.50. The Morgan fingerprint density at radius 3 is 2.06 bits per heavy atom. The van der Waals surface area contributed by atoms with Crippen molar-refractivity contribution in [2.45, 2.75) is 71.3 Å². The second kappa shape index (κ2) is 7.38. The summed E-state index contributed by atoms with van der Waals surface area (Å²) in [6.45, 7) is 10.2. The van der Waals surface area contributed by atoms with Crippen LogP contribution in [-0.4, -0.2) is 30.1 Å². The van der Waals surface area contributed by atoms with E-state index in [0.29, 0.717) is 5.92 Å². The van der Waals surface area contributed by atoms with E-state index in [1.165, 1.54) is 51.5 Å². The molecule has 2 nitrogen and oxygen atoms in total. The van der Waals surface area contributed by atoms with E-state index in [2.05, 4.69) is 25.7 Å². The van der Waals surface area contributed by atoms with E-state index < -0.39 is 0 Å². The van der Waals surface area contributed by atoms with Crippen molar-refractivity contribution < 1.29 is 0 Å². The van der Waals surface area contributed by atoms with E-state index in [-0.39, 0.29) is 5.54 Å². The van der Waals surface area contributed by atoms with E-state index in [1.54, 1.807) is 0 Å². The molecule has 1 heterocycles. The summed E-state index contributed by atoms with van der Waals surface area (Å²) < 4.78 is 0. The largest absolute Gasteiger partial charge is 0.323 e. The Morgan fingerprint density at radius 2 is 1.53 bits per heavy atom. The first kappa shape index (κ1) is 15.0. The van der Waals surface area contributed by atoms with Crippen LogP contribution in [0.4, 0.5) is 0 Å². The van der Waals surface area contributed by atoms with E-state index in [4.69, 9.17) is 5.73 Å². The molecule has 0 radical (unpaired) electrons. The van der Waals surface area contributed by atoms with Crippen LogP contribution in [0.2, 0.25) is 0 Å². The third-order valence-corrected chi connectivity index (χ3v) is 4.26. The normalized spacial score (nSPS) is 19.6. The fraction of sp³-hybridized carbons (Fsp3) is 1.00. The monoisotopic (exact) mass is 240 g/mol. The van der Waals surface area contributed by atoms with Gasteiger partial charge in [-0.1, -0.05) is 59.3 Å². The van der Waals surface area contributed by atoms with Crippen molar-refractivity contribution in [1.82, 2.24) is 4.90 Å². The van der Waals surface area contributed by atoms with Gasteiger partial charge in [0.1, 0.15) is 0 Å². The van der Waals surface area contributed by atoms with Crippen LogP contribution in [-0.2, 0) is 0 Å². The molecule has 0 atom stereocenters. The zero-order chi connectivity index (χ0) is 12.7. The number of hydrogen-bond acceptors (Lipinski definition) is 2. The molecule has 0 unspecified atom stereocenters. The summed E-state index contributed by atoms with van der Waals surface area (Å²) in [5, 5.41) is 0. The van der Waals surface area contributed by atoms with Crippen molar-refractivity contribution in [1.29, 1.82) is 0 Å². The van der Waals surface area contributed by atoms with Gasteiger partial charge in [0, 0.05) is 18.6 Å². The fourth-order valence-corrected chi connectivity index (χ4v) is 2.60. The molecule has 1 rings (SSSR count). The maximum Gasteiger partial charge on any atom is 0.0435 e. The average Bonchev–Trinajstić information content (AvgIpc) is 2.24. The molecule has 102 valence electrons. The van der Waals surface area contributed by atoms with Crippen molar-refractivity contribution in [3.63, 3.8) is 0 Å². The minimum Gasteiger partial charge on any atom is -0.323 e. The maximum absolute atomic E-state index is 6.28. The summed E-state index contributed by atoms with van der Waals surface area (Å²) in [5.41, 5.74) is 6.39. The van der Waals surface area contributed by atoms with Gasteiger partial charge in [-0.3, -0.25) is 4.90 Å². The minimum atomic E-state index is 0.112. The highest BCUT2D eigenvalue weighted by atomic mass is 15.2. The first-order valence-electron chi connectivity index (χ1n) is 7.59. The number of nitrogens with two attached hydrogens (primary N) is 1. The number of nitrogens with zero attached hydrogens (tertiary/aromatic N) is 1. The third kappa shape index (κ3) is 4.97. The Balaban J connectivity index is 1.89. The highest BCUT2D eigenvalue weighted by molar-refractivity contribution is 5.01. The van der Waals surface area contributed by atoms with Gasteiger partial charge in [0.05, 0.1) is 0 Å². The Kier molecular flexibility index (Phi) is 6.50. The van der Waals surface area contributed by atoms with Crippen molar-refractivity contribution >= 4 is 0 Å². The SMILES string of the molecule is CCCCCCCCCN1CC(N)(C(C)C)C1. The van der Waals surface area contributed by atoms with Crippen LogP contribution in [0, 0.1) is 5.92 Å². The van der Waals surface area contributed by atoms with Gasteiger partial charge in [-0.25, -0.2) is 0 Å². The molecule has 2 heteroatoms. The van der Waals surface area contributed by atoms with E-state index in [9.17, 15) is 0 Å². The van der Waals surface area contributed by atoms with Gasteiger partial charge in [0.25, 0.3) is 0 Å². The first-order valence-corrected chi connectivity index (χ1v) is 7.59. The van der Waals surface area contributed by atoms with Gasteiger partial charge in [-0.2, -0.15) is 0 Å². The summed E-state index contributed by atoms with van der Waals surface area (Å²) >= 11 is 0. The second-order valence-corrected chi connectivity index (χ2v) is 6.22. The van der Waals surface area contributed by atoms with Crippen molar-refractivity contribution in [3.05, 3.63) is 0 Å². The highest BCUT2D eigenvalue weighted by Gasteiger charge is 2.41. The zero-order valence-electron chi connectivity index (χ0n) is 12.2. The topological polar surface area (TPSA) is 29.3 Å². The summed E-state index contributed by atoms with van der Waals surface area (Å²) in [5.74, 6) is 0.618. The number of likely N-dealkylation sites (tertiary alicyclic amines) is 1. The first-order chi connectivity index (χ1) is 8.08. The molecule has 0 aliphatic carbocycles. The van der Waals surface area contributed by atoms with Gasteiger partial charge in [0.15, 0.2) is 0 Å². The van der Waals surface area contributed by atoms with Crippen molar-refractivity contribution in [3.8, 4) is 0 Å². The van der Waals surface area contributed by atoms with Gasteiger partial charge >= 0.3 is 0 Å². The van der Waals surface area contributed by atoms with Gasteiger partial charge in [-0.05, 0) is 18.9 Å². The van der Waals surface area contributed by atoms with Gasteiger partial charge < -0.3 is 5.73 Å².